The van der Waals surface area contributed by atoms with Crippen LogP contribution in [-0.4, -0.2) is 39.9 Å². The molecule has 2 heterocycles. The number of nitrogens with zero attached hydrogens (tertiary/aromatic N) is 2. The molecule has 0 saturated heterocycles. The Morgan fingerprint density at radius 3 is 2.38 bits per heavy atom. The third-order valence-corrected chi connectivity index (χ3v) is 4.72. The number of imidazole rings is 1. The number of hydrogen-bond acceptors (Lipinski definition) is 4. The Hall–Kier alpha value is -1.05. The molecule has 0 saturated carbocycles. The number of hydrogen-bond donors (Lipinski definition) is 5. The normalized spacial score (nSPS) is 14.5. The fourth-order valence-electron chi connectivity index (χ4n) is 1.78. The van der Waals surface area contributed by atoms with Gasteiger partial charge in [0.2, 0.25) is 0 Å². The van der Waals surface area contributed by atoms with Crippen molar-refractivity contribution in [3.63, 3.8) is 0 Å². The molecule has 1 unspecified atom stereocenters. The molecule has 2 rings (SSSR count). The van der Waals surface area contributed by atoms with Gasteiger partial charge in [0, 0.05) is 12.4 Å². The predicted octanol–water partition coefficient (Wildman–Crippen LogP) is -0.434. The van der Waals surface area contributed by atoms with E-state index >= 15 is 0 Å². The van der Waals surface area contributed by atoms with E-state index in [1.807, 2.05) is 0 Å². The van der Waals surface area contributed by atoms with Gasteiger partial charge in [0.1, 0.15) is 5.65 Å². The summed E-state index contributed by atoms with van der Waals surface area (Å²) >= 11 is 0. The topological polar surface area (TPSA) is 153 Å². The lowest BCUT2D eigenvalue weighted by molar-refractivity contribution is 0.194. The molecule has 21 heavy (non-hydrogen) atoms. The zero-order chi connectivity index (χ0) is 15.8. The van der Waals surface area contributed by atoms with Crippen LogP contribution in [0.4, 0.5) is 0 Å². The Bertz CT molecular complexity index is 747. The van der Waals surface area contributed by atoms with Gasteiger partial charge in [-0.15, -0.1) is 0 Å². The van der Waals surface area contributed by atoms with Crippen molar-refractivity contribution >= 4 is 26.3 Å². The quantitative estimate of drug-likeness (QED) is 0.461. The molecule has 0 radical (unpaired) electrons. The molecular formula is C10H14N2O7P2. The number of pyridine rings is 1. The van der Waals surface area contributed by atoms with Gasteiger partial charge in [0.25, 0.3) is 0 Å². The standard InChI is InChI=1S/C10H14N2O7P2/c13-10(21(17,18)19)4-2-7-1-3-8-11-9(20(14,15)16)6-12(8)5-7/h1,3,5-6,10,13H,2,4H2,(H2,14,15,16)(H2,17,18,19). The van der Waals surface area contributed by atoms with Gasteiger partial charge in [-0.3, -0.25) is 9.13 Å². The molecule has 9 nitrogen and oxygen atoms in total. The van der Waals surface area contributed by atoms with Crippen LogP contribution >= 0.6 is 15.2 Å². The predicted molar refractivity (Wildman–Crippen MR) is 73.2 cm³/mol. The molecule has 1 atom stereocenters. The first-order valence-electron chi connectivity index (χ1n) is 5.84. The van der Waals surface area contributed by atoms with Gasteiger partial charge in [-0.05, 0) is 24.5 Å². The van der Waals surface area contributed by atoms with Gasteiger partial charge >= 0.3 is 15.2 Å². The van der Waals surface area contributed by atoms with Crippen LogP contribution in [0, 0.1) is 0 Å². The highest BCUT2D eigenvalue weighted by atomic mass is 31.2. The van der Waals surface area contributed by atoms with Gasteiger partial charge in [0.05, 0.1) is 0 Å². The highest BCUT2D eigenvalue weighted by molar-refractivity contribution is 7.60. The van der Waals surface area contributed by atoms with E-state index in [2.05, 4.69) is 4.98 Å². The molecule has 2 aromatic rings. The van der Waals surface area contributed by atoms with Gasteiger partial charge in [-0.1, -0.05) is 6.07 Å². The third-order valence-electron chi connectivity index (χ3n) is 2.88. The molecule has 0 spiro atoms. The van der Waals surface area contributed by atoms with Crippen molar-refractivity contribution < 1.29 is 33.8 Å². The second-order valence-corrected chi connectivity index (χ2v) is 7.87. The largest absolute Gasteiger partial charge is 0.380 e. The van der Waals surface area contributed by atoms with Gasteiger partial charge in [-0.2, -0.15) is 0 Å². The summed E-state index contributed by atoms with van der Waals surface area (Å²) < 4.78 is 23.3. The molecule has 11 heteroatoms. The van der Waals surface area contributed by atoms with Crippen LogP contribution in [0.25, 0.3) is 5.65 Å². The first-order valence-corrected chi connectivity index (χ1v) is 9.14. The molecule has 0 amide bonds. The van der Waals surface area contributed by atoms with E-state index in [-0.39, 0.29) is 18.3 Å². The van der Waals surface area contributed by atoms with E-state index in [1.54, 1.807) is 6.07 Å². The van der Waals surface area contributed by atoms with Crippen molar-refractivity contribution in [2.75, 3.05) is 0 Å². The minimum absolute atomic E-state index is 0.129. The summed E-state index contributed by atoms with van der Waals surface area (Å²) in [6, 6.07) is 3.14. The Balaban J connectivity index is 2.20. The maximum absolute atomic E-state index is 11.1. The van der Waals surface area contributed by atoms with Gasteiger partial charge < -0.3 is 29.1 Å². The summed E-state index contributed by atoms with van der Waals surface area (Å²) in [4.78, 5) is 39.4. The van der Waals surface area contributed by atoms with Crippen LogP contribution in [0.2, 0.25) is 0 Å². The molecule has 0 aliphatic carbocycles. The molecule has 5 N–H and O–H groups in total. The van der Waals surface area contributed by atoms with E-state index < -0.39 is 21.0 Å². The van der Waals surface area contributed by atoms with E-state index in [9.17, 15) is 14.2 Å². The minimum atomic E-state index is -4.53. The summed E-state index contributed by atoms with van der Waals surface area (Å²) in [6.45, 7) is 0. The number of fused-ring (bicyclic) bond motifs is 1. The van der Waals surface area contributed by atoms with Crippen molar-refractivity contribution in [1.82, 2.24) is 9.38 Å². The molecule has 116 valence electrons. The summed E-state index contributed by atoms with van der Waals surface area (Å²) in [5.41, 5.74) is 0.632. The average molecular weight is 336 g/mol. The smallest absolute Gasteiger partial charge is 0.376 e. The van der Waals surface area contributed by atoms with E-state index in [4.69, 9.17) is 19.6 Å². The fourth-order valence-corrected chi connectivity index (χ4v) is 2.75. The molecular weight excluding hydrogens is 322 g/mol. The zero-order valence-corrected chi connectivity index (χ0v) is 12.4. The number of aryl methyl sites for hydroxylation is 1. The van der Waals surface area contributed by atoms with Gasteiger partial charge in [0.15, 0.2) is 11.3 Å². The van der Waals surface area contributed by atoms with Crippen LogP contribution in [0.5, 0.6) is 0 Å². The van der Waals surface area contributed by atoms with Crippen molar-refractivity contribution in [2.24, 2.45) is 0 Å². The maximum Gasteiger partial charge on any atom is 0.376 e. The summed E-state index contributed by atoms with van der Waals surface area (Å²) in [5.74, 6) is -1.73. The Morgan fingerprint density at radius 2 is 1.81 bits per heavy atom. The Labute approximate surface area is 119 Å². The molecule has 0 bridgehead atoms. The lowest BCUT2D eigenvalue weighted by Crippen LogP contribution is -2.08. The lowest BCUT2D eigenvalue weighted by Gasteiger charge is -2.11. The summed E-state index contributed by atoms with van der Waals surface area (Å²) in [6.07, 6.45) is 2.80. The Kier molecular flexibility index (Phi) is 4.37. The second kappa shape index (κ2) is 5.62. The number of aliphatic hydroxyl groups excluding tert-OH is 1. The van der Waals surface area contributed by atoms with Gasteiger partial charge in [-0.25, -0.2) is 4.98 Å². The first kappa shape index (κ1) is 16.3. The van der Waals surface area contributed by atoms with Crippen molar-refractivity contribution in [1.29, 1.82) is 0 Å². The van der Waals surface area contributed by atoms with Crippen LogP contribution in [0.3, 0.4) is 0 Å². The maximum atomic E-state index is 11.1. The highest BCUT2D eigenvalue weighted by Gasteiger charge is 2.25. The van der Waals surface area contributed by atoms with E-state index in [1.165, 1.54) is 22.9 Å². The highest BCUT2D eigenvalue weighted by Crippen LogP contribution is 2.41. The molecule has 0 aliphatic heterocycles. The average Bonchev–Trinajstić information content (AvgIpc) is 2.77. The SMILES string of the molecule is O=P(O)(O)c1cn2cc(CCC(O)P(=O)(O)O)ccc2n1. The number of aliphatic hydroxyl groups is 1. The van der Waals surface area contributed by atoms with E-state index in [0.29, 0.717) is 11.2 Å². The van der Waals surface area contributed by atoms with Crippen molar-refractivity contribution in [3.8, 4) is 0 Å². The van der Waals surface area contributed by atoms with Crippen LogP contribution < -0.4 is 5.44 Å². The lowest BCUT2D eigenvalue weighted by atomic mass is 10.2. The molecule has 2 aromatic heterocycles. The summed E-state index contributed by atoms with van der Waals surface area (Å²) in [7, 11) is -8.96. The third kappa shape index (κ3) is 3.99. The number of rotatable bonds is 5. The monoisotopic (exact) mass is 336 g/mol. The van der Waals surface area contributed by atoms with Crippen LogP contribution in [-0.2, 0) is 15.6 Å². The first-order chi connectivity index (χ1) is 9.57. The minimum Gasteiger partial charge on any atom is -0.380 e. The molecule has 0 aliphatic rings. The fraction of sp³-hybridized carbons (Fsp3) is 0.300. The molecule has 0 fully saturated rings. The Morgan fingerprint density at radius 1 is 1.14 bits per heavy atom. The van der Waals surface area contributed by atoms with Crippen LogP contribution in [0.1, 0.15) is 12.0 Å². The summed E-state index contributed by atoms with van der Waals surface area (Å²) in [5, 5.41) is 9.29. The number of aromatic nitrogens is 2. The molecule has 0 aromatic carbocycles. The second-order valence-electron chi connectivity index (χ2n) is 4.55. The van der Waals surface area contributed by atoms with Crippen molar-refractivity contribution in [2.45, 2.75) is 18.7 Å². The van der Waals surface area contributed by atoms with Crippen LogP contribution in [0.15, 0.2) is 24.5 Å². The van der Waals surface area contributed by atoms with Crippen molar-refractivity contribution in [3.05, 3.63) is 30.1 Å². The van der Waals surface area contributed by atoms with E-state index in [0.717, 1.165) is 0 Å². The zero-order valence-electron chi connectivity index (χ0n) is 10.6.